The number of aromatic hydroxyl groups is 1. The van der Waals surface area contributed by atoms with Gasteiger partial charge in [0.1, 0.15) is 5.75 Å². The number of benzene rings is 2. The van der Waals surface area contributed by atoms with Crippen LogP contribution in [0.15, 0.2) is 47.5 Å². The fourth-order valence-electron chi connectivity index (χ4n) is 1.99. The van der Waals surface area contributed by atoms with Gasteiger partial charge in [0.15, 0.2) is 11.6 Å². The third kappa shape index (κ3) is 4.32. The molecule has 0 fully saturated rings. The van der Waals surface area contributed by atoms with Crippen LogP contribution >= 0.6 is 0 Å². The number of aliphatic imine (C=N–C) groups is 1. The number of nitrogens with one attached hydrogen (secondary N) is 1. The number of rotatable bonds is 3. The number of amides is 1. The SMILES string of the molecule is [C-]#[N+]c1ccc(O)c(C(=O)NC(N)=NCc2cccc(C)c2)c1. The summed E-state index contributed by atoms with van der Waals surface area (Å²) in [5.74, 6) is -0.885. The molecule has 0 aliphatic heterocycles. The molecule has 4 N–H and O–H groups in total. The molecular weight excluding hydrogens is 292 g/mol. The predicted octanol–water partition coefficient (Wildman–Crippen LogP) is 2.50. The van der Waals surface area contributed by atoms with Gasteiger partial charge in [-0.15, -0.1) is 0 Å². The number of phenolic OH excluding ortho intramolecular Hbond substituents is 1. The summed E-state index contributed by atoms with van der Waals surface area (Å²) < 4.78 is 0. The minimum atomic E-state index is -0.613. The lowest BCUT2D eigenvalue weighted by Crippen LogP contribution is -2.36. The third-order valence-electron chi connectivity index (χ3n) is 3.11. The lowest BCUT2D eigenvalue weighted by molar-refractivity contribution is 0.0974. The van der Waals surface area contributed by atoms with Crippen molar-refractivity contribution in [3.63, 3.8) is 0 Å². The number of carbonyl (C=O) groups is 1. The highest BCUT2D eigenvalue weighted by Crippen LogP contribution is 2.23. The van der Waals surface area contributed by atoms with Gasteiger partial charge in [-0.1, -0.05) is 35.9 Å². The number of carbonyl (C=O) groups excluding carboxylic acids is 1. The predicted molar refractivity (Wildman–Crippen MR) is 88.3 cm³/mol. The van der Waals surface area contributed by atoms with E-state index in [2.05, 4.69) is 15.2 Å². The average Bonchev–Trinajstić information content (AvgIpc) is 2.53. The van der Waals surface area contributed by atoms with Crippen molar-refractivity contribution in [3.05, 3.63) is 70.6 Å². The topological polar surface area (TPSA) is 92.1 Å². The van der Waals surface area contributed by atoms with Crippen LogP contribution < -0.4 is 11.1 Å². The van der Waals surface area contributed by atoms with Gasteiger partial charge in [0, 0.05) is 0 Å². The first-order valence-corrected chi connectivity index (χ1v) is 6.87. The van der Waals surface area contributed by atoms with E-state index in [1.807, 2.05) is 31.2 Å². The van der Waals surface area contributed by atoms with Crippen LogP contribution in [0.25, 0.3) is 4.85 Å². The van der Waals surface area contributed by atoms with Crippen molar-refractivity contribution >= 4 is 17.6 Å². The van der Waals surface area contributed by atoms with Gasteiger partial charge >= 0.3 is 0 Å². The van der Waals surface area contributed by atoms with Crippen molar-refractivity contribution < 1.29 is 9.90 Å². The summed E-state index contributed by atoms with van der Waals surface area (Å²) in [6.07, 6.45) is 0. The number of nitrogens with zero attached hydrogens (tertiary/aromatic N) is 2. The Morgan fingerprint density at radius 1 is 1.35 bits per heavy atom. The average molecular weight is 308 g/mol. The zero-order valence-corrected chi connectivity index (χ0v) is 12.6. The first-order chi connectivity index (χ1) is 11.0. The lowest BCUT2D eigenvalue weighted by Gasteiger charge is -2.07. The molecule has 0 saturated carbocycles. The minimum Gasteiger partial charge on any atom is -0.507 e. The van der Waals surface area contributed by atoms with E-state index in [0.29, 0.717) is 6.54 Å². The molecule has 1 amide bonds. The molecule has 0 aliphatic rings. The normalized spacial score (nSPS) is 10.9. The molecular formula is C17H16N4O2. The Hall–Kier alpha value is -3.33. The van der Waals surface area contributed by atoms with E-state index in [1.54, 1.807) is 0 Å². The molecule has 0 saturated heterocycles. The molecule has 0 heterocycles. The van der Waals surface area contributed by atoms with E-state index >= 15 is 0 Å². The molecule has 6 heteroatoms. The van der Waals surface area contributed by atoms with Crippen LogP contribution in [0.3, 0.4) is 0 Å². The van der Waals surface area contributed by atoms with Crippen LogP contribution in [0.4, 0.5) is 5.69 Å². The number of hydrogen-bond donors (Lipinski definition) is 3. The summed E-state index contributed by atoms with van der Waals surface area (Å²) in [6, 6.07) is 11.8. The number of guanidine groups is 1. The first kappa shape index (κ1) is 16.0. The molecule has 116 valence electrons. The summed E-state index contributed by atoms with van der Waals surface area (Å²) in [7, 11) is 0. The highest BCUT2D eigenvalue weighted by molar-refractivity contribution is 6.07. The van der Waals surface area contributed by atoms with Crippen molar-refractivity contribution in [2.45, 2.75) is 13.5 Å². The molecule has 2 aromatic rings. The van der Waals surface area contributed by atoms with Crippen LogP contribution in [0.2, 0.25) is 0 Å². The molecule has 0 unspecified atom stereocenters. The molecule has 2 aromatic carbocycles. The fraction of sp³-hybridized carbons (Fsp3) is 0.118. The van der Waals surface area contributed by atoms with Gasteiger partial charge in [-0.05, 0) is 24.6 Å². The largest absolute Gasteiger partial charge is 0.507 e. The Bertz CT molecular complexity index is 806. The second-order valence-corrected chi connectivity index (χ2v) is 4.96. The molecule has 2 rings (SSSR count). The lowest BCUT2D eigenvalue weighted by atomic mass is 10.1. The summed E-state index contributed by atoms with van der Waals surface area (Å²) in [5.41, 5.74) is 8.01. The van der Waals surface area contributed by atoms with E-state index in [9.17, 15) is 9.90 Å². The fourth-order valence-corrected chi connectivity index (χ4v) is 1.99. The zero-order valence-electron chi connectivity index (χ0n) is 12.6. The summed E-state index contributed by atoms with van der Waals surface area (Å²) in [5, 5.41) is 12.1. The summed E-state index contributed by atoms with van der Waals surface area (Å²) in [6.45, 7) is 9.25. The maximum absolute atomic E-state index is 12.1. The highest BCUT2D eigenvalue weighted by Gasteiger charge is 2.12. The van der Waals surface area contributed by atoms with E-state index in [-0.39, 0.29) is 23.0 Å². The van der Waals surface area contributed by atoms with Crippen molar-refractivity contribution in [1.29, 1.82) is 0 Å². The number of aryl methyl sites for hydroxylation is 1. The molecule has 0 aromatic heterocycles. The summed E-state index contributed by atoms with van der Waals surface area (Å²) >= 11 is 0. The number of nitrogens with two attached hydrogens (primary N) is 1. The number of phenols is 1. The van der Waals surface area contributed by atoms with Crippen molar-refractivity contribution in [2.24, 2.45) is 10.7 Å². The van der Waals surface area contributed by atoms with Gasteiger partial charge in [0.25, 0.3) is 5.91 Å². The standard InChI is InChI=1S/C17H16N4O2/c1-11-4-3-5-12(8-11)10-20-17(18)21-16(23)14-9-13(19-2)6-7-15(14)22/h3-9,22H,10H2,1H3,(H3,18,20,21,23). The Morgan fingerprint density at radius 3 is 2.83 bits per heavy atom. The van der Waals surface area contributed by atoms with Crippen LogP contribution in [-0.2, 0) is 6.54 Å². The van der Waals surface area contributed by atoms with Gasteiger partial charge in [-0.3, -0.25) is 10.1 Å². The van der Waals surface area contributed by atoms with E-state index in [4.69, 9.17) is 12.3 Å². The second kappa shape index (κ2) is 7.09. The van der Waals surface area contributed by atoms with E-state index < -0.39 is 5.91 Å². The van der Waals surface area contributed by atoms with Crippen LogP contribution in [-0.4, -0.2) is 17.0 Å². The maximum atomic E-state index is 12.1. The molecule has 6 nitrogen and oxygen atoms in total. The molecule has 0 aliphatic carbocycles. The molecule has 0 atom stereocenters. The van der Waals surface area contributed by atoms with Crippen molar-refractivity contribution in [2.75, 3.05) is 0 Å². The van der Waals surface area contributed by atoms with Gasteiger partial charge < -0.3 is 10.8 Å². The van der Waals surface area contributed by atoms with E-state index in [0.717, 1.165) is 11.1 Å². The minimum absolute atomic E-state index is 0.0211. The Kier molecular flexibility index (Phi) is 4.95. The van der Waals surface area contributed by atoms with E-state index in [1.165, 1.54) is 18.2 Å². The van der Waals surface area contributed by atoms with Gasteiger partial charge in [-0.25, -0.2) is 9.84 Å². The van der Waals surface area contributed by atoms with Gasteiger partial charge in [0.05, 0.1) is 18.7 Å². The molecule has 0 spiro atoms. The monoisotopic (exact) mass is 308 g/mol. The number of hydrogen-bond acceptors (Lipinski definition) is 3. The highest BCUT2D eigenvalue weighted by atomic mass is 16.3. The van der Waals surface area contributed by atoms with Gasteiger partial charge in [-0.2, -0.15) is 0 Å². The van der Waals surface area contributed by atoms with Crippen molar-refractivity contribution in [3.8, 4) is 5.75 Å². The quantitative estimate of drug-likeness (QED) is 0.462. The van der Waals surface area contributed by atoms with Crippen molar-refractivity contribution in [1.82, 2.24) is 5.32 Å². The van der Waals surface area contributed by atoms with Crippen LogP contribution in [0, 0.1) is 13.5 Å². The summed E-state index contributed by atoms with van der Waals surface area (Å²) in [4.78, 5) is 19.4. The second-order valence-electron chi connectivity index (χ2n) is 4.96. The zero-order chi connectivity index (χ0) is 16.8. The smallest absolute Gasteiger partial charge is 0.260 e. The Balaban J connectivity index is 2.07. The van der Waals surface area contributed by atoms with Crippen LogP contribution in [0.1, 0.15) is 21.5 Å². The Labute approximate surface area is 134 Å². The molecule has 0 radical (unpaired) electrons. The van der Waals surface area contributed by atoms with Crippen LogP contribution in [0.5, 0.6) is 5.75 Å². The first-order valence-electron chi connectivity index (χ1n) is 6.87. The Morgan fingerprint density at radius 2 is 2.13 bits per heavy atom. The molecule has 23 heavy (non-hydrogen) atoms. The molecule has 0 bridgehead atoms. The third-order valence-corrected chi connectivity index (χ3v) is 3.11. The maximum Gasteiger partial charge on any atom is 0.260 e. The van der Waals surface area contributed by atoms with Gasteiger partial charge in [0.2, 0.25) is 0 Å².